The van der Waals surface area contributed by atoms with Gasteiger partial charge < -0.3 is 4.52 Å². The summed E-state index contributed by atoms with van der Waals surface area (Å²) in [6, 6.07) is 3.95. The van der Waals surface area contributed by atoms with E-state index in [-0.39, 0.29) is 0 Å². The lowest BCUT2D eigenvalue weighted by atomic mass is 10.3. The Hall–Kier alpha value is -0.440. The molecular weight excluding hydrogens is 289 g/mol. The maximum atomic E-state index is 9.06. The van der Waals surface area contributed by atoms with Crippen molar-refractivity contribution in [3.8, 4) is 11.8 Å². The Balaban J connectivity index is 2.97. The molecule has 4 nitrogen and oxygen atoms in total. The summed E-state index contributed by atoms with van der Waals surface area (Å²) in [6.07, 6.45) is 0.856. The molecule has 0 unspecified atom stereocenters. The molecule has 0 radical (unpaired) electrons. The first-order valence-corrected chi connectivity index (χ1v) is 9.07. The summed E-state index contributed by atoms with van der Waals surface area (Å²) in [5.74, 6) is 0.476. The van der Waals surface area contributed by atoms with E-state index in [9.17, 15) is 0 Å². The lowest BCUT2D eigenvalue weighted by molar-refractivity contribution is 0.218. The largest absolute Gasteiger partial charge is 0.422 e. The number of thiophene rings is 1. The van der Waals surface area contributed by atoms with Crippen LogP contribution in [0.5, 0.6) is 5.75 Å². The zero-order chi connectivity index (χ0) is 13.6. The minimum atomic E-state index is -2.79. The highest BCUT2D eigenvalue weighted by atomic mass is 32.5. The highest BCUT2D eigenvalue weighted by molar-refractivity contribution is 8.07. The molecule has 0 saturated heterocycles. The van der Waals surface area contributed by atoms with E-state index >= 15 is 0 Å². The lowest BCUT2D eigenvalue weighted by Crippen LogP contribution is -2.02. The highest BCUT2D eigenvalue weighted by Crippen LogP contribution is 2.51. The predicted molar refractivity (Wildman–Crippen MR) is 76.6 cm³/mol. The molecule has 0 N–H and O–H groups in total. The van der Waals surface area contributed by atoms with E-state index in [2.05, 4.69) is 6.07 Å². The summed E-state index contributed by atoms with van der Waals surface area (Å²) < 4.78 is 16.4. The van der Waals surface area contributed by atoms with Gasteiger partial charge in [-0.05, 0) is 26.3 Å². The number of rotatable bonds is 7. The summed E-state index contributed by atoms with van der Waals surface area (Å²) in [4.78, 5) is 1.59. The monoisotopic (exact) mass is 305 g/mol. The van der Waals surface area contributed by atoms with Crippen molar-refractivity contribution >= 4 is 29.9 Å². The molecule has 1 aromatic rings. The van der Waals surface area contributed by atoms with Gasteiger partial charge in [0.15, 0.2) is 5.75 Å². The van der Waals surface area contributed by atoms with Gasteiger partial charge in [-0.3, -0.25) is 9.05 Å². The molecule has 0 amide bonds. The van der Waals surface area contributed by atoms with Gasteiger partial charge >= 0.3 is 6.72 Å². The number of nitriles is 1. The van der Waals surface area contributed by atoms with E-state index in [1.54, 1.807) is 0 Å². The third-order valence-electron chi connectivity index (χ3n) is 1.98. The van der Waals surface area contributed by atoms with Gasteiger partial charge in [0.05, 0.1) is 13.2 Å². The summed E-state index contributed by atoms with van der Waals surface area (Å²) in [5, 5.41) is 9.06. The molecule has 0 atom stereocenters. The van der Waals surface area contributed by atoms with Crippen LogP contribution in [0.1, 0.15) is 30.5 Å². The second kappa shape index (κ2) is 7.22. The average molecular weight is 305 g/mol. The zero-order valence-electron chi connectivity index (χ0n) is 10.6. The van der Waals surface area contributed by atoms with E-state index in [1.807, 2.05) is 26.8 Å². The van der Waals surface area contributed by atoms with Crippen molar-refractivity contribution < 1.29 is 13.6 Å². The van der Waals surface area contributed by atoms with Crippen molar-refractivity contribution in [1.29, 1.82) is 5.26 Å². The van der Waals surface area contributed by atoms with Crippen molar-refractivity contribution in [2.24, 2.45) is 0 Å². The van der Waals surface area contributed by atoms with Gasteiger partial charge in [-0.15, -0.1) is 11.3 Å². The van der Waals surface area contributed by atoms with E-state index in [0.29, 0.717) is 23.8 Å². The first kappa shape index (κ1) is 15.6. The minimum Gasteiger partial charge on any atom is -0.422 e. The summed E-state index contributed by atoms with van der Waals surface area (Å²) in [5.41, 5.74) is 0. The number of hydrogen-bond donors (Lipinski definition) is 0. The average Bonchev–Trinajstić information content (AvgIpc) is 2.71. The molecule has 0 aliphatic rings. The molecule has 100 valence electrons. The van der Waals surface area contributed by atoms with Crippen LogP contribution in [0.3, 0.4) is 0 Å². The smallest absolute Gasteiger partial charge is 0.380 e. The van der Waals surface area contributed by atoms with Crippen LogP contribution in [0.15, 0.2) is 6.07 Å². The van der Waals surface area contributed by atoms with Gasteiger partial charge in [-0.1, -0.05) is 6.92 Å². The zero-order valence-corrected chi connectivity index (χ0v) is 13.2. The minimum absolute atomic E-state index is 0.421. The third kappa shape index (κ3) is 4.04. The first-order chi connectivity index (χ1) is 8.58. The second-order valence-electron chi connectivity index (χ2n) is 3.25. The van der Waals surface area contributed by atoms with E-state index in [1.165, 1.54) is 11.3 Å². The molecule has 1 heterocycles. The Morgan fingerprint density at radius 3 is 2.39 bits per heavy atom. The fourth-order valence-corrected chi connectivity index (χ4v) is 4.22. The van der Waals surface area contributed by atoms with Crippen molar-refractivity contribution in [2.75, 3.05) is 13.2 Å². The van der Waals surface area contributed by atoms with Crippen LogP contribution < -0.4 is 4.52 Å². The summed E-state index contributed by atoms with van der Waals surface area (Å²) in [6.45, 7) is 3.74. The Kier molecular flexibility index (Phi) is 6.27. The fraction of sp³-hybridized carbons (Fsp3) is 0.545. The number of aryl methyl sites for hydroxylation is 1. The molecule has 18 heavy (non-hydrogen) atoms. The van der Waals surface area contributed by atoms with Crippen LogP contribution in [-0.2, 0) is 27.3 Å². The van der Waals surface area contributed by atoms with Gasteiger partial charge in [0, 0.05) is 16.7 Å². The number of hydrogen-bond acceptors (Lipinski definition) is 6. The Morgan fingerprint density at radius 1 is 1.33 bits per heavy atom. The molecule has 0 fully saturated rings. The fourth-order valence-electron chi connectivity index (χ4n) is 1.27. The third-order valence-corrected chi connectivity index (χ3v) is 5.57. The van der Waals surface area contributed by atoms with Gasteiger partial charge in [0.2, 0.25) is 0 Å². The van der Waals surface area contributed by atoms with Crippen LogP contribution in [0.25, 0.3) is 0 Å². The standard InChI is InChI=1S/C11H16NO3PS2/c1-4-9-7-10(11(8-12)18-9)15-16(17,13-5-2)14-6-3/h7H,4-6H2,1-3H3. The number of nitrogens with zero attached hydrogens (tertiary/aromatic N) is 1. The summed E-state index contributed by atoms with van der Waals surface area (Å²) >= 11 is 6.69. The topological polar surface area (TPSA) is 51.5 Å². The summed E-state index contributed by atoms with van der Waals surface area (Å²) in [7, 11) is 0. The van der Waals surface area contributed by atoms with Gasteiger partial charge in [0.25, 0.3) is 0 Å². The predicted octanol–water partition coefficient (Wildman–Crippen LogP) is 3.86. The van der Waals surface area contributed by atoms with Crippen LogP contribution >= 0.6 is 18.1 Å². The second-order valence-corrected chi connectivity index (χ2v) is 7.32. The van der Waals surface area contributed by atoms with Crippen molar-refractivity contribution in [3.63, 3.8) is 0 Å². The normalized spacial score (nSPS) is 11.2. The maximum absolute atomic E-state index is 9.06. The highest BCUT2D eigenvalue weighted by Gasteiger charge is 2.24. The van der Waals surface area contributed by atoms with Gasteiger partial charge in [0.1, 0.15) is 10.9 Å². The molecule has 0 aliphatic heterocycles. The Morgan fingerprint density at radius 2 is 1.94 bits per heavy atom. The van der Waals surface area contributed by atoms with Crippen molar-refractivity contribution in [1.82, 2.24) is 0 Å². The molecule has 1 aromatic heterocycles. The Labute approximate surface area is 117 Å². The maximum Gasteiger partial charge on any atom is 0.380 e. The van der Waals surface area contributed by atoms with Crippen LogP contribution in [-0.4, -0.2) is 13.2 Å². The van der Waals surface area contributed by atoms with Crippen molar-refractivity contribution in [2.45, 2.75) is 27.2 Å². The quantitative estimate of drug-likeness (QED) is 0.716. The molecule has 0 aliphatic carbocycles. The molecule has 0 bridgehead atoms. The van der Waals surface area contributed by atoms with E-state index < -0.39 is 6.72 Å². The van der Waals surface area contributed by atoms with Crippen LogP contribution in [0.4, 0.5) is 0 Å². The first-order valence-electron chi connectivity index (χ1n) is 5.70. The SMILES string of the molecule is CCOP(=S)(OCC)Oc1cc(CC)sc1C#N. The molecule has 1 rings (SSSR count). The molecule has 0 spiro atoms. The van der Waals surface area contributed by atoms with Gasteiger partial charge in [-0.25, -0.2) is 0 Å². The van der Waals surface area contributed by atoms with Crippen LogP contribution in [0, 0.1) is 11.3 Å². The van der Waals surface area contributed by atoms with E-state index in [0.717, 1.165) is 11.3 Å². The molecule has 0 saturated carbocycles. The molecule has 0 aromatic carbocycles. The Bertz CT molecular complexity index is 471. The van der Waals surface area contributed by atoms with Gasteiger partial charge in [-0.2, -0.15) is 5.26 Å². The van der Waals surface area contributed by atoms with Crippen molar-refractivity contribution in [3.05, 3.63) is 15.8 Å². The van der Waals surface area contributed by atoms with E-state index in [4.69, 9.17) is 30.6 Å². The van der Waals surface area contributed by atoms with Crippen LogP contribution in [0.2, 0.25) is 0 Å². The lowest BCUT2D eigenvalue weighted by Gasteiger charge is -2.20. The molecular formula is C11H16NO3PS2. The molecule has 7 heteroatoms.